The van der Waals surface area contributed by atoms with Gasteiger partial charge >= 0.3 is 0 Å². The summed E-state index contributed by atoms with van der Waals surface area (Å²) in [7, 11) is 0. The first-order valence-electron chi connectivity index (χ1n) is 5.75. The molecule has 4 nitrogen and oxygen atoms in total. The number of hydrogen-bond acceptors (Lipinski definition) is 3. The van der Waals surface area contributed by atoms with Gasteiger partial charge in [0.05, 0.1) is 11.1 Å². The summed E-state index contributed by atoms with van der Waals surface area (Å²) < 4.78 is 0. The highest BCUT2D eigenvalue weighted by molar-refractivity contribution is 6.21. The molecule has 1 aromatic rings. The van der Waals surface area contributed by atoms with E-state index in [2.05, 4.69) is 0 Å². The molecule has 0 spiro atoms. The number of carbonyl (C=O) groups excluding carboxylic acids is 2. The smallest absolute Gasteiger partial charge is 0.261 e. The van der Waals surface area contributed by atoms with Crippen LogP contribution in [0, 0.1) is 6.92 Å². The largest absolute Gasteiger partial charge is 0.330 e. The van der Waals surface area contributed by atoms with Crippen molar-refractivity contribution in [3.63, 3.8) is 0 Å². The predicted octanol–water partition coefficient (Wildman–Crippen LogP) is 1.33. The van der Waals surface area contributed by atoms with Crippen LogP contribution < -0.4 is 5.73 Å². The van der Waals surface area contributed by atoms with Crippen molar-refractivity contribution in [3.8, 4) is 0 Å². The van der Waals surface area contributed by atoms with Crippen LogP contribution >= 0.6 is 0 Å². The summed E-state index contributed by atoms with van der Waals surface area (Å²) in [5.41, 5.74) is 7.47. The summed E-state index contributed by atoms with van der Waals surface area (Å²) in [6, 6.07) is 5.19. The Balaban J connectivity index is 2.38. The van der Waals surface area contributed by atoms with Crippen LogP contribution in [0.5, 0.6) is 0 Å². The second-order valence-corrected chi connectivity index (χ2v) is 4.46. The van der Waals surface area contributed by atoms with E-state index in [-0.39, 0.29) is 17.9 Å². The van der Waals surface area contributed by atoms with E-state index in [4.69, 9.17) is 5.73 Å². The molecule has 2 N–H and O–H groups in total. The maximum absolute atomic E-state index is 12.1. The third-order valence-corrected chi connectivity index (χ3v) is 3.10. The first-order chi connectivity index (χ1) is 8.06. The van der Waals surface area contributed by atoms with Gasteiger partial charge in [0.15, 0.2) is 0 Å². The molecule has 4 heteroatoms. The van der Waals surface area contributed by atoms with Crippen LogP contribution in [0.2, 0.25) is 0 Å². The van der Waals surface area contributed by atoms with Crippen molar-refractivity contribution in [1.82, 2.24) is 4.90 Å². The van der Waals surface area contributed by atoms with Gasteiger partial charge in [0.25, 0.3) is 11.8 Å². The standard InChI is InChI=1S/C13H16N2O2/c1-8-3-4-10-11(7-8)13(17)15(12(10)16)9(2)5-6-14/h3-4,7,9H,5-6,14H2,1-2H3. The van der Waals surface area contributed by atoms with Gasteiger partial charge < -0.3 is 5.73 Å². The molecule has 0 fully saturated rings. The quantitative estimate of drug-likeness (QED) is 0.800. The lowest BCUT2D eigenvalue weighted by Crippen LogP contribution is -2.39. The first kappa shape index (κ1) is 11.8. The number of amides is 2. The molecule has 1 atom stereocenters. The van der Waals surface area contributed by atoms with Gasteiger partial charge in [-0.15, -0.1) is 0 Å². The Morgan fingerprint density at radius 2 is 1.88 bits per heavy atom. The molecule has 1 aromatic carbocycles. The Morgan fingerprint density at radius 3 is 2.53 bits per heavy atom. The molecular formula is C13H16N2O2. The molecular weight excluding hydrogens is 216 g/mol. The van der Waals surface area contributed by atoms with Gasteiger partial charge in [0.1, 0.15) is 0 Å². The minimum Gasteiger partial charge on any atom is -0.330 e. The highest BCUT2D eigenvalue weighted by Crippen LogP contribution is 2.26. The maximum atomic E-state index is 12.1. The molecule has 1 aliphatic rings. The lowest BCUT2D eigenvalue weighted by Gasteiger charge is -2.21. The number of fused-ring (bicyclic) bond motifs is 1. The number of carbonyl (C=O) groups is 2. The molecule has 90 valence electrons. The SMILES string of the molecule is Cc1ccc2c(c1)C(=O)N(C(C)CCN)C2=O. The van der Waals surface area contributed by atoms with E-state index in [1.165, 1.54) is 4.90 Å². The van der Waals surface area contributed by atoms with Gasteiger partial charge in [0.2, 0.25) is 0 Å². The fraction of sp³-hybridized carbons (Fsp3) is 0.385. The van der Waals surface area contributed by atoms with Crippen molar-refractivity contribution in [3.05, 3.63) is 34.9 Å². The Bertz CT molecular complexity index is 482. The van der Waals surface area contributed by atoms with Crippen LogP contribution in [0.15, 0.2) is 18.2 Å². The number of hydrogen-bond donors (Lipinski definition) is 1. The van der Waals surface area contributed by atoms with Crippen molar-refractivity contribution >= 4 is 11.8 Å². The van der Waals surface area contributed by atoms with Crippen LogP contribution in [-0.2, 0) is 0 Å². The van der Waals surface area contributed by atoms with E-state index in [1.54, 1.807) is 12.1 Å². The Labute approximate surface area is 100 Å². The van der Waals surface area contributed by atoms with Crippen molar-refractivity contribution in [2.75, 3.05) is 6.54 Å². The van der Waals surface area contributed by atoms with Crippen LogP contribution in [-0.4, -0.2) is 29.3 Å². The lowest BCUT2D eigenvalue weighted by molar-refractivity contribution is 0.0592. The highest BCUT2D eigenvalue weighted by atomic mass is 16.2. The number of imide groups is 1. The van der Waals surface area contributed by atoms with Gasteiger partial charge in [-0.2, -0.15) is 0 Å². The third-order valence-electron chi connectivity index (χ3n) is 3.10. The fourth-order valence-electron chi connectivity index (χ4n) is 2.14. The molecule has 0 saturated heterocycles. The molecule has 1 aliphatic heterocycles. The summed E-state index contributed by atoms with van der Waals surface area (Å²) in [4.78, 5) is 25.6. The van der Waals surface area contributed by atoms with E-state index in [0.29, 0.717) is 24.1 Å². The van der Waals surface area contributed by atoms with E-state index >= 15 is 0 Å². The number of aryl methyl sites for hydroxylation is 1. The zero-order valence-electron chi connectivity index (χ0n) is 10.1. The molecule has 2 amide bonds. The van der Waals surface area contributed by atoms with Gasteiger partial charge in [-0.05, 0) is 38.9 Å². The second-order valence-electron chi connectivity index (χ2n) is 4.46. The summed E-state index contributed by atoms with van der Waals surface area (Å²) in [5.74, 6) is -0.402. The average Bonchev–Trinajstić information content (AvgIpc) is 2.52. The van der Waals surface area contributed by atoms with Crippen molar-refractivity contribution in [2.24, 2.45) is 5.73 Å². The number of rotatable bonds is 3. The lowest BCUT2D eigenvalue weighted by atomic mass is 10.1. The van der Waals surface area contributed by atoms with Crippen molar-refractivity contribution < 1.29 is 9.59 Å². The van der Waals surface area contributed by atoms with Crippen LogP contribution in [0.1, 0.15) is 39.6 Å². The highest BCUT2D eigenvalue weighted by Gasteiger charge is 2.37. The molecule has 17 heavy (non-hydrogen) atoms. The third kappa shape index (κ3) is 1.85. The molecule has 2 rings (SSSR count). The Morgan fingerprint density at radius 1 is 1.24 bits per heavy atom. The molecule has 1 unspecified atom stereocenters. The molecule has 0 aromatic heterocycles. The number of nitrogens with zero attached hydrogens (tertiary/aromatic N) is 1. The van der Waals surface area contributed by atoms with Crippen LogP contribution in [0.4, 0.5) is 0 Å². The van der Waals surface area contributed by atoms with Crippen LogP contribution in [0.3, 0.4) is 0 Å². The summed E-state index contributed by atoms with van der Waals surface area (Å²) in [5, 5.41) is 0. The zero-order chi connectivity index (χ0) is 12.6. The predicted molar refractivity (Wildman–Crippen MR) is 64.8 cm³/mol. The topological polar surface area (TPSA) is 63.4 Å². The fourth-order valence-corrected chi connectivity index (χ4v) is 2.14. The van der Waals surface area contributed by atoms with E-state index in [1.807, 2.05) is 19.9 Å². The van der Waals surface area contributed by atoms with Gasteiger partial charge in [-0.3, -0.25) is 14.5 Å². The Kier molecular flexibility index (Phi) is 2.98. The van der Waals surface area contributed by atoms with Crippen molar-refractivity contribution in [1.29, 1.82) is 0 Å². The summed E-state index contributed by atoms with van der Waals surface area (Å²) >= 11 is 0. The normalized spacial score (nSPS) is 16.3. The van der Waals surface area contributed by atoms with Gasteiger partial charge in [-0.25, -0.2) is 0 Å². The minimum atomic E-state index is -0.203. The first-order valence-corrected chi connectivity index (χ1v) is 5.75. The van der Waals surface area contributed by atoms with Crippen molar-refractivity contribution in [2.45, 2.75) is 26.3 Å². The van der Waals surface area contributed by atoms with E-state index < -0.39 is 0 Å². The number of nitrogens with two attached hydrogens (primary N) is 1. The molecule has 0 bridgehead atoms. The zero-order valence-corrected chi connectivity index (χ0v) is 10.1. The molecule has 0 saturated carbocycles. The average molecular weight is 232 g/mol. The molecule has 1 heterocycles. The second kappa shape index (κ2) is 4.30. The minimum absolute atomic E-state index is 0.146. The van der Waals surface area contributed by atoms with Crippen LogP contribution in [0.25, 0.3) is 0 Å². The summed E-state index contributed by atoms with van der Waals surface area (Å²) in [6.07, 6.45) is 0.629. The van der Waals surface area contributed by atoms with Gasteiger partial charge in [0, 0.05) is 6.04 Å². The molecule has 0 aliphatic carbocycles. The monoisotopic (exact) mass is 232 g/mol. The van der Waals surface area contributed by atoms with E-state index in [9.17, 15) is 9.59 Å². The molecule has 0 radical (unpaired) electrons. The Hall–Kier alpha value is -1.68. The van der Waals surface area contributed by atoms with Gasteiger partial charge in [-0.1, -0.05) is 11.6 Å². The maximum Gasteiger partial charge on any atom is 0.261 e. The number of benzene rings is 1. The van der Waals surface area contributed by atoms with E-state index in [0.717, 1.165) is 5.56 Å². The summed E-state index contributed by atoms with van der Waals surface area (Å²) in [6.45, 7) is 4.22.